The normalized spacial score (nSPS) is 11.2. The number of hydrogen-bond acceptors (Lipinski definition) is 2. The van der Waals surface area contributed by atoms with Gasteiger partial charge in [0.1, 0.15) is 5.75 Å². The molecule has 2 rings (SSSR count). The second-order valence-corrected chi connectivity index (χ2v) is 4.61. The molecule has 0 unspecified atom stereocenters. The molecule has 0 heterocycles. The van der Waals surface area contributed by atoms with Crippen molar-refractivity contribution >= 4 is 5.91 Å². The van der Waals surface area contributed by atoms with E-state index in [1.165, 1.54) is 0 Å². The van der Waals surface area contributed by atoms with Crippen molar-refractivity contribution in [2.75, 3.05) is 7.11 Å². The fourth-order valence-electron chi connectivity index (χ4n) is 1.99. The highest BCUT2D eigenvalue weighted by atomic mass is 16.5. The van der Waals surface area contributed by atoms with Crippen molar-refractivity contribution in [2.45, 2.75) is 12.5 Å². The topological polar surface area (TPSA) is 38.3 Å². The molecular formula is C18H17NO2. The first kappa shape index (κ1) is 14.7. The number of rotatable bonds is 5. The minimum Gasteiger partial charge on any atom is -0.497 e. The van der Waals surface area contributed by atoms with E-state index < -0.39 is 0 Å². The van der Waals surface area contributed by atoms with Crippen LogP contribution in [0.25, 0.3) is 0 Å². The first-order valence-electron chi connectivity index (χ1n) is 6.68. The monoisotopic (exact) mass is 279 g/mol. The van der Waals surface area contributed by atoms with Gasteiger partial charge in [-0.15, -0.1) is 6.42 Å². The molecule has 0 saturated heterocycles. The molecule has 21 heavy (non-hydrogen) atoms. The number of ether oxygens (including phenoxy) is 1. The van der Waals surface area contributed by atoms with Gasteiger partial charge in [-0.2, -0.15) is 0 Å². The third-order valence-electron chi connectivity index (χ3n) is 3.14. The van der Waals surface area contributed by atoms with E-state index in [4.69, 9.17) is 11.2 Å². The minimum absolute atomic E-state index is 0.184. The standard InChI is InChI=1S/C18H17NO2/c1-3-16(13-14-7-5-4-6-8-14)19-18(20)15-9-11-17(21-2)12-10-15/h1,4-12,16H,13H2,2H3,(H,19,20)/t16-/m1/s1. The summed E-state index contributed by atoms with van der Waals surface area (Å²) in [6.45, 7) is 0. The maximum Gasteiger partial charge on any atom is 0.252 e. The predicted molar refractivity (Wildman–Crippen MR) is 83.2 cm³/mol. The molecule has 0 aliphatic rings. The summed E-state index contributed by atoms with van der Waals surface area (Å²) in [5.41, 5.74) is 1.65. The minimum atomic E-state index is -0.331. The average molecular weight is 279 g/mol. The van der Waals surface area contributed by atoms with Crippen LogP contribution in [0.4, 0.5) is 0 Å². The smallest absolute Gasteiger partial charge is 0.252 e. The van der Waals surface area contributed by atoms with Crippen LogP contribution in [0.2, 0.25) is 0 Å². The van der Waals surface area contributed by atoms with Crippen molar-refractivity contribution in [2.24, 2.45) is 0 Å². The Bertz CT molecular complexity index is 627. The first-order valence-corrected chi connectivity index (χ1v) is 6.68. The summed E-state index contributed by atoms with van der Waals surface area (Å²) >= 11 is 0. The molecule has 2 aromatic carbocycles. The van der Waals surface area contributed by atoms with E-state index >= 15 is 0 Å². The molecule has 106 valence electrons. The number of nitrogens with one attached hydrogen (secondary N) is 1. The van der Waals surface area contributed by atoms with Crippen LogP contribution >= 0.6 is 0 Å². The molecule has 0 aliphatic carbocycles. The first-order chi connectivity index (χ1) is 10.2. The van der Waals surface area contributed by atoms with Gasteiger partial charge in [-0.25, -0.2) is 0 Å². The number of amides is 1. The van der Waals surface area contributed by atoms with E-state index in [0.29, 0.717) is 17.7 Å². The van der Waals surface area contributed by atoms with Crippen molar-refractivity contribution < 1.29 is 9.53 Å². The van der Waals surface area contributed by atoms with Gasteiger partial charge >= 0.3 is 0 Å². The van der Waals surface area contributed by atoms with Crippen LogP contribution in [0, 0.1) is 12.3 Å². The molecule has 2 aromatic rings. The van der Waals surface area contributed by atoms with Crippen LogP contribution in [0.3, 0.4) is 0 Å². The van der Waals surface area contributed by atoms with Crippen LogP contribution in [-0.2, 0) is 6.42 Å². The summed E-state index contributed by atoms with van der Waals surface area (Å²) < 4.78 is 5.07. The molecule has 0 aliphatic heterocycles. The highest BCUT2D eigenvalue weighted by molar-refractivity contribution is 5.94. The lowest BCUT2D eigenvalue weighted by Crippen LogP contribution is -2.35. The van der Waals surface area contributed by atoms with Gasteiger partial charge in [0.15, 0.2) is 0 Å². The Labute approximate surface area is 125 Å². The van der Waals surface area contributed by atoms with Gasteiger partial charge in [-0.1, -0.05) is 36.3 Å². The SMILES string of the molecule is C#C[C@H](Cc1ccccc1)NC(=O)c1ccc(OC)cc1. The average Bonchev–Trinajstić information content (AvgIpc) is 2.55. The van der Waals surface area contributed by atoms with Gasteiger partial charge in [0, 0.05) is 12.0 Å². The summed E-state index contributed by atoms with van der Waals surface area (Å²) in [4.78, 5) is 12.2. The lowest BCUT2D eigenvalue weighted by molar-refractivity contribution is 0.0945. The second kappa shape index (κ2) is 7.16. The molecule has 0 aromatic heterocycles. The largest absolute Gasteiger partial charge is 0.497 e. The quantitative estimate of drug-likeness (QED) is 0.855. The van der Waals surface area contributed by atoms with Crippen LogP contribution < -0.4 is 10.1 Å². The van der Waals surface area contributed by atoms with Gasteiger partial charge in [-0.05, 0) is 29.8 Å². The van der Waals surface area contributed by atoms with Crippen molar-refractivity contribution in [3.05, 3.63) is 65.7 Å². The van der Waals surface area contributed by atoms with Crippen molar-refractivity contribution in [1.82, 2.24) is 5.32 Å². The lowest BCUT2D eigenvalue weighted by atomic mass is 10.1. The van der Waals surface area contributed by atoms with Gasteiger partial charge in [0.05, 0.1) is 13.2 Å². The zero-order valence-corrected chi connectivity index (χ0v) is 11.9. The molecule has 0 fully saturated rings. The number of benzene rings is 2. The number of carbonyl (C=O) groups excluding carboxylic acids is 1. The Hall–Kier alpha value is -2.73. The summed E-state index contributed by atoms with van der Waals surface area (Å²) in [5.74, 6) is 3.15. The van der Waals surface area contributed by atoms with E-state index in [0.717, 1.165) is 5.56 Å². The van der Waals surface area contributed by atoms with Crippen LogP contribution in [0.5, 0.6) is 5.75 Å². The Balaban J connectivity index is 2.01. The van der Waals surface area contributed by atoms with Crippen LogP contribution in [0.1, 0.15) is 15.9 Å². The van der Waals surface area contributed by atoms with Gasteiger partial charge < -0.3 is 10.1 Å². The Kier molecular flexibility index (Phi) is 5.00. The maximum atomic E-state index is 12.2. The number of hydrogen-bond donors (Lipinski definition) is 1. The van der Waals surface area contributed by atoms with Crippen molar-refractivity contribution in [3.8, 4) is 18.1 Å². The molecule has 1 N–H and O–H groups in total. The van der Waals surface area contributed by atoms with Gasteiger partial charge in [-0.3, -0.25) is 4.79 Å². The van der Waals surface area contributed by atoms with E-state index in [1.807, 2.05) is 30.3 Å². The molecule has 0 radical (unpaired) electrons. The van der Waals surface area contributed by atoms with Crippen LogP contribution in [-0.4, -0.2) is 19.1 Å². The van der Waals surface area contributed by atoms with Gasteiger partial charge in [0.2, 0.25) is 0 Å². The van der Waals surface area contributed by atoms with E-state index in [9.17, 15) is 4.79 Å². The fraction of sp³-hybridized carbons (Fsp3) is 0.167. The fourth-order valence-corrected chi connectivity index (χ4v) is 1.99. The molecule has 0 saturated carbocycles. The maximum absolute atomic E-state index is 12.2. The number of carbonyl (C=O) groups is 1. The molecule has 3 heteroatoms. The third kappa shape index (κ3) is 4.12. The van der Waals surface area contributed by atoms with Crippen LogP contribution in [0.15, 0.2) is 54.6 Å². The van der Waals surface area contributed by atoms with Gasteiger partial charge in [0.25, 0.3) is 5.91 Å². The summed E-state index contributed by atoms with van der Waals surface area (Å²) in [6, 6.07) is 16.4. The molecular weight excluding hydrogens is 262 g/mol. The number of terminal acetylenes is 1. The van der Waals surface area contributed by atoms with E-state index in [-0.39, 0.29) is 11.9 Å². The van der Waals surface area contributed by atoms with Crippen molar-refractivity contribution in [1.29, 1.82) is 0 Å². The summed E-state index contributed by atoms with van der Waals surface area (Å²) in [6.07, 6.45) is 6.12. The Morgan fingerprint density at radius 2 is 1.86 bits per heavy atom. The Morgan fingerprint density at radius 1 is 1.19 bits per heavy atom. The zero-order valence-electron chi connectivity index (χ0n) is 11.9. The van der Waals surface area contributed by atoms with Crippen molar-refractivity contribution in [3.63, 3.8) is 0 Å². The van der Waals surface area contributed by atoms with E-state index in [1.54, 1.807) is 31.4 Å². The molecule has 3 nitrogen and oxygen atoms in total. The molecule has 1 amide bonds. The van der Waals surface area contributed by atoms with E-state index in [2.05, 4.69) is 11.2 Å². The number of methoxy groups -OCH3 is 1. The lowest BCUT2D eigenvalue weighted by Gasteiger charge is -2.13. The highest BCUT2D eigenvalue weighted by Crippen LogP contribution is 2.11. The second-order valence-electron chi connectivity index (χ2n) is 4.61. The third-order valence-corrected chi connectivity index (χ3v) is 3.14. The Morgan fingerprint density at radius 3 is 2.43 bits per heavy atom. The zero-order chi connectivity index (χ0) is 15.1. The predicted octanol–water partition coefficient (Wildman–Crippen LogP) is 2.67. The summed E-state index contributed by atoms with van der Waals surface area (Å²) in [5, 5.41) is 2.85. The highest BCUT2D eigenvalue weighted by Gasteiger charge is 2.12. The summed E-state index contributed by atoms with van der Waals surface area (Å²) in [7, 11) is 1.59. The molecule has 0 spiro atoms. The molecule has 0 bridgehead atoms. The molecule has 1 atom stereocenters.